The van der Waals surface area contributed by atoms with Gasteiger partial charge in [0.25, 0.3) is 0 Å². The number of Topliss-reactive ketones (excluding diaryl/α,β-unsaturated/α-hetero) is 1. The maximum absolute atomic E-state index is 11.3. The van der Waals surface area contributed by atoms with Crippen LogP contribution in [0.25, 0.3) is 0 Å². The molecule has 1 aromatic rings. The fourth-order valence-electron chi connectivity index (χ4n) is 1.28. The van der Waals surface area contributed by atoms with Gasteiger partial charge in [-0.05, 0) is 18.6 Å². The van der Waals surface area contributed by atoms with Gasteiger partial charge in [-0.2, -0.15) is 0 Å². The summed E-state index contributed by atoms with van der Waals surface area (Å²) in [6, 6.07) is 9.77. The smallest absolute Gasteiger partial charge is 0.138 e. The second-order valence-electron chi connectivity index (χ2n) is 3.44. The predicted molar refractivity (Wildman–Crippen MR) is 63.7 cm³/mol. The third-order valence-corrected chi connectivity index (χ3v) is 2.25. The second-order valence-corrected chi connectivity index (χ2v) is 3.44. The maximum Gasteiger partial charge on any atom is 0.138 e. The van der Waals surface area contributed by atoms with Gasteiger partial charge in [0.1, 0.15) is 5.78 Å². The monoisotopic (exact) mass is 203 g/mol. The molecule has 0 saturated carbocycles. The second kappa shape index (κ2) is 6.12. The maximum atomic E-state index is 11.3. The molecule has 0 heterocycles. The largest absolute Gasteiger partial charge is 0.299 e. The molecule has 0 atom stereocenters. The quantitative estimate of drug-likeness (QED) is 0.673. The molecule has 0 amide bonds. The third kappa shape index (κ3) is 4.07. The fraction of sp³-hybridized carbons (Fsp3) is 0.385. The van der Waals surface area contributed by atoms with Crippen molar-refractivity contribution in [1.82, 2.24) is 0 Å². The van der Waals surface area contributed by atoms with Crippen LogP contribution in [0.15, 0.2) is 35.3 Å². The number of nitrogens with zero attached hydrogens (tertiary/aromatic N) is 1. The van der Waals surface area contributed by atoms with Crippen LogP contribution in [0.5, 0.6) is 0 Å². The summed E-state index contributed by atoms with van der Waals surface area (Å²) in [7, 11) is 0. The Morgan fingerprint density at radius 2 is 1.80 bits per heavy atom. The van der Waals surface area contributed by atoms with Crippen molar-refractivity contribution in [2.75, 3.05) is 0 Å². The normalized spacial score (nSPS) is 11.5. The van der Waals surface area contributed by atoms with Gasteiger partial charge in [0.05, 0.1) is 5.69 Å². The molecule has 0 aliphatic heterocycles. The Labute approximate surface area is 91.0 Å². The lowest BCUT2D eigenvalue weighted by molar-refractivity contribution is -0.117. The van der Waals surface area contributed by atoms with Gasteiger partial charge in [-0.3, -0.25) is 9.79 Å². The summed E-state index contributed by atoms with van der Waals surface area (Å²) in [5.74, 6) is 0.256. The minimum atomic E-state index is 0.256. The van der Waals surface area contributed by atoms with E-state index in [2.05, 4.69) is 4.99 Å². The van der Waals surface area contributed by atoms with E-state index in [-0.39, 0.29) is 5.78 Å². The topological polar surface area (TPSA) is 29.4 Å². The van der Waals surface area contributed by atoms with Crippen molar-refractivity contribution in [2.24, 2.45) is 4.99 Å². The molecule has 1 aromatic carbocycles. The van der Waals surface area contributed by atoms with Gasteiger partial charge in [0.15, 0.2) is 0 Å². The molecule has 2 nitrogen and oxygen atoms in total. The van der Waals surface area contributed by atoms with Crippen LogP contribution in [-0.4, -0.2) is 11.5 Å². The predicted octanol–water partition coefficient (Wildman–Crippen LogP) is 3.54. The van der Waals surface area contributed by atoms with Gasteiger partial charge >= 0.3 is 0 Å². The molecule has 0 fully saturated rings. The summed E-state index contributed by atoms with van der Waals surface area (Å²) < 4.78 is 0. The van der Waals surface area contributed by atoms with E-state index in [9.17, 15) is 4.79 Å². The van der Waals surface area contributed by atoms with Crippen molar-refractivity contribution in [1.29, 1.82) is 0 Å². The van der Waals surface area contributed by atoms with Gasteiger partial charge in [-0.15, -0.1) is 0 Å². The first-order valence-corrected chi connectivity index (χ1v) is 5.39. The van der Waals surface area contributed by atoms with Crippen molar-refractivity contribution >= 4 is 17.2 Å². The number of rotatable bonds is 5. The van der Waals surface area contributed by atoms with E-state index in [0.717, 1.165) is 17.8 Å². The minimum Gasteiger partial charge on any atom is -0.299 e. The molecular weight excluding hydrogens is 186 g/mol. The number of benzene rings is 1. The van der Waals surface area contributed by atoms with E-state index in [0.29, 0.717) is 12.8 Å². The highest BCUT2D eigenvalue weighted by molar-refractivity contribution is 6.02. The molecule has 0 bridgehead atoms. The van der Waals surface area contributed by atoms with E-state index in [1.165, 1.54) is 0 Å². The van der Waals surface area contributed by atoms with Gasteiger partial charge < -0.3 is 0 Å². The molecule has 0 aliphatic carbocycles. The van der Waals surface area contributed by atoms with Crippen LogP contribution in [0.1, 0.15) is 33.1 Å². The third-order valence-electron chi connectivity index (χ3n) is 2.25. The Morgan fingerprint density at radius 1 is 1.13 bits per heavy atom. The van der Waals surface area contributed by atoms with E-state index in [1.807, 2.05) is 44.2 Å². The number of carbonyl (C=O) groups excluding carboxylic acids is 1. The Hall–Kier alpha value is -1.44. The molecule has 80 valence electrons. The first-order valence-electron chi connectivity index (χ1n) is 5.39. The van der Waals surface area contributed by atoms with Crippen LogP contribution in [0.4, 0.5) is 5.69 Å². The zero-order valence-electron chi connectivity index (χ0n) is 9.36. The van der Waals surface area contributed by atoms with Crippen LogP contribution in [0, 0.1) is 0 Å². The zero-order valence-corrected chi connectivity index (χ0v) is 9.36. The van der Waals surface area contributed by atoms with E-state index in [4.69, 9.17) is 0 Å². The number of hydrogen-bond acceptors (Lipinski definition) is 2. The molecule has 0 N–H and O–H groups in total. The summed E-state index contributed by atoms with van der Waals surface area (Å²) in [5.41, 5.74) is 1.89. The molecule has 15 heavy (non-hydrogen) atoms. The number of para-hydroxylation sites is 1. The van der Waals surface area contributed by atoms with E-state index < -0.39 is 0 Å². The summed E-state index contributed by atoms with van der Waals surface area (Å²) in [6.07, 6.45) is 1.91. The van der Waals surface area contributed by atoms with E-state index >= 15 is 0 Å². The van der Waals surface area contributed by atoms with Crippen LogP contribution in [0.3, 0.4) is 0 Å². The minimum absolute atomic E-state index is 0.256. The van der Waals surface area contributed by atoms with E-state index in [1.54, 1.807) is 0 Å². The van der Waals surface area contributed by atoms with Crippen molar-refractivity contribution in [3.8, 4) is 0 Å². The van der Waals surface area contributed by atoms with Crippen molar-refractivity contribution < 1.29 is 4.79 Å². The van der Waals surface area contributed by atoms with Crippen molar-refractivity contribution in [2.45, 2.75) is 33.1 Å². The first-order chi connectivity index (χ1) is 7.26. The number of ketones is 1. The summed E-state index contributed by atoms with van der Waals surface area (Å²) in [5, 5.41) is 0. The zero-order chi connectivity index (χ0) is 11.1. The SMILES string of the molecule is CCC(=O)C/C(CC)=N\c1ccccc1. The molecule has 0 unspecified atom stereocenters. The van der Waals surface area contributed by atoms with Gasteiger partial charge in [-0.25, -0.2) is 0 Å². The Balaban J connectivity index is 2.74. The highest BCUT2D eigenvalue weighted by Crippen LogP contribution is 2.12. The number of hydrogen-bond donors (Lipinski definition) is 0. The summed E-state index contributed by atoms with van der Waals surface area (Å²) in [6.45, 7) is 3.92. The summed E-state index contributed by atoms with van der Waals surface area (Å²) >= 11 is 0. The lowest BCUT2D eigenvalue weighted by Crippen LogP contribution is -2.05. The molecule has 0 radical (unpaired) electrons. The van der Waals surface area contributed by atoms with Crippen LogP contribution < -0.4 is 0 Å². The lowest BCUT2D eigenvalue weighted by atomic mass is 10.1. The Kier molecular flexibility index (Phi) is 4.75. The van der Waals surface area contributed by atoms with Crippen molar-refractivity contribution in [3.05, 3.63) is 30.3 Å². The van der Waals surface area contributed by atoms with Crippen LogP contribution in [-0.2, 0) is 4.79 Å². The average Bonchev–Trinajstić information content (AvgIpc) is 2.29. The van der Waals surface area contributed by atoms with Gasteiger partial charge in [0, 0.05) is 18.6 Å². The van der Waals surface area contributed by atoms with Crippen LogP contribution in [0.2, 0.25) is 0 Å². The molecule has 0 saturated heterocycles. The van der Waals surface area contributed by atoms with Crippen molar-refractivity contribution in [3.63, 3.8) is 0 Å². The standard InChI is InChI=1S/C13H17NO/c1-3-11(10-13(15)4-2)14-12-8-6-5-7-9-12/h5-9H,3-4,10H2,1-2H3/b14-11-. The lowest BCUT2D eigenvalue weighted by Gasteiger charge is -2.02. The van der Waals surface area contributed by atoms with Gasteiger partial charge in [-0.1, -0.05) is 32.0 Å². The van der Waals surface area contributed by atoms with Crippen LogP contribution >= 0.6 is 0 Å². The Morgan fingerprint density at radius 3 is 2.33 bits per heavy atom. The highest BCUT2D eigenvalue weighted by Gasteiger charge is 2.03. The molecule has 0 aromatic heterocycles. The Bertz CT molecular complexity index is 341. The molecule has 0 aliphatic rings. The first kappa shape index (κ1) is 11.6. The summed E-state index contributed by atoms with van der Waals surface area (Å²) in [4.78, 5) is 15.8. The molecule has 0 spiro atoms. The molecular formula is C13H17NO. The average molecular weight is 203 g/mol. The van der Waals surface area contributed by atoms with Gasteiger partial charge in [0.2, 0.25) is 0 Å². The molecule has 2 heteroatoms. The number of aliphatic imine (C=N–C) groups is 1. The molecule has 1 rings (SSSR count). The highest BCUT2D eigenvalue weighted by atomic mass is 16.1. The fourth-order valence-corrected chi connectivity index (χ4v) is 1.28. The number of carbonyl (C=O) groups is 1.